The second kappa shape index (κ2) is 8.95. The third-order valence-electron chi connectivity index (χ3n) is 8.59. The Morgan fingerprint density at radius 3 is 1.55 bits per heavy atom. The summed E-state index contributed by atoms with van der Waals surface area (Å²) in [5.41, 5.74) is 8.43. The minimum atomic E-state index is 0.929. The molecule has 0 spiro atoms. The van der Waals surface area contributed by atoms with Gasteiger partial charge in [0.1, 0.15) is 0 Å². The van der Waals surface area contributed by atoms with Crippen molar-refractivity contribution in [2.45, 2.75) is 0 Å². The molecule has 0 N–H and O–H groups in total. The lowest BCUT2D eigenvalue weighted by molar-refractivity contribution is 1.36. The molecule has 0 atom stereocenters. The standard InChI is InChI=1S/C40H24N2/c1-2-6-26(7-3-1)35-22-20-30-18-19-31-21-23-36(42-40(31)39(30)41-35)27-14-12-25(13-15-27)34-24-32-10-4-8-28-16-17-29-9-5-11-33(34)38(29)37(28)32/h1-24H. The molecule has 0 aliphatic heterocycles. The van der Waals surface area contributed by atoms with Crippen LogP contribution in [0.3, 0.4) is 0 Å². The first-order chi connectivity index (χ1) is 20.8. The quantitative estimate of drug-likeness (QED) is 0.212. The number of fused-ring (bicyclic) bond motifs is 3. The highest BCUT2D eigenvalue weighted by molar-refractivity contribution is 6.26. The molecule has 0 aliphatic carbocycles. The third-order valence-corrected chi connectivity index (χ3v) is 8.59. The molecule has 2 heterocycles. The number of hydrogen-bond donors (Lipinski definition) is 0. The van der Waals surface area contributed by atoms with E-state index in [0.29, 0.717) is 0 Å². The van der Waals surface area contributed by atoms with E-state index < -0.39 is 0 Å². The molecule has 7 aromatic carbocycles. The lowest BCUT2D eigenvalue weighted by Crippen LogP contribution is -1.91. The van der Waals surface area contributed by atoms with Gasteiger partial charge in [-0.1, -0.05) is 127 Å². The molecule has 194 valence electrons. The van der Waals surface area contributed by atoms with Gasteiger partial charge < -0.3 is 0 Å². The van der Waals surface area contributed by atoms with Gasteiger partial charge in [0, 0.05) is 21.9 Å². The minimum absolute atomic E-state index is 0.929. The minimum Gasteiger partial charge on any atom is -0.245 e. The zero-order valence-corrected chi connectivity index (χ0v) is 22.8. The van der Waals surface area contributed by atoms with Crippen molar-refractivity contribution in [1.29, 1.82) is 0 Å². The Kier molecular flexibility index (Phi) is 4.93. The Morgan fingerprint density at radius 2 is 0.857 bits per heavy atom. The second-order valence-electron chi connectivity index (χ2n) is 11.0. The fourth-order valence-corrected chi connectivity index (χ4v) is 6.52. The molecule has 2 nitrogen and oxygen atoms in total. The van der Waals surface area contributed by atoms with E-state index >= 15 is 0 Å². The van der Waals surface area contributed by atoms with Crippen LogP contribution in [0.4, 0.5) is 0 Å². The topological polar surface area (TPSA) is 25.8 Å². The van der Waals surface area contributed by atoms with Crippen LogP contribution in [0.5, 0.6) is 0 Å². The van der Waals surface area contributed by atoms with Gasteiger partial charge in [0.15, 0.2) is 0 Å². The maximum atomic E-state index is 5.16. The van der Waals surface area contributed by atoms with Crippen molar-refractivity contribution in [3.63, 3.8) is 0 Å². The van der Waals surface area contributed by atoms with E-state index in [1.54, 1.807) is 0 Å². The highest BCUT2D eigenvalue weighted by Crippen LogP contribution is 2.40. The fraction of sp³-hybridized carbons (Fsp3) is 0. The summed E-state index contributed by atoms with van der Waals surface area (Å²) in [7, 11) is 0. The first kappa shape index (κ1) is 23.1. The summed E-state index contributed by atoms with van der Waals surface area (Å²) in [6, 6.07) is 52.0. The molecule has 42 heavy (non-hydrogen) atoms. The zero-order valence-electron chi connectivity index (χ0n) is 22.8. The van der Waals surface area contributed by atoms with Gasteiger partial charge in [0.05, 0.1) is 22.4 Å². The van der Waals surface area contributed by atoms with Crippen molar-refractivity contribution in [1.82, 2.24) is 9.97 Å². The lowest BCUT2D eigenvalue weighted by atomic mass is 9.89. The second-order valence-corrected chi connectivity index (χ2v) is 11.0. The first-order valence-corrected chi connectivity index (χ1v) is 14.3. The molecule has 2 heteroatoms. The molecule has 0 saturated carbocycles. The SMILES string of the molecule is c1ccc(-c2ccc3ccc4ccc(-c5ccc(-c6cc7cccc8ccc9cccc6c9c87)cc5)nc4c3n2)cc1. The molecule has 9 rings (SSSR count). The largest absolute Gasteiger partial charge is 0.245 e. The fourth-order valence-electron chi connectivity index (χ4n) is 6.52. The van der Waals surface area contributed by atoms with Crippen LogP contribution in [-0.2, 0) is 0 Å². The molecule has 9 aromatic rings. The normalized spacial score (nSPS) is 11.8. The smallest absolute Gasteiger partial charge is 0.0972 e. The molecule has 0 radical (unpaired) electrons. The third kappa shape index (κ3) is 3.52. The van der Waals surface area contributed by atoms with Crippen LogP contribution >= 0.6 is 0 Å². The molecule has 0 fully saturated rings. The predicted octanol–water partition coefficient (Wildman–Crippen LogP) is 10.7. The van der Waals surface area contributed by atoms with Gasteiger partial charge >= 0.3 is 0 Å². The van der Waals surface area contributed by atoms with Crippen molar-refractivity contribution in [2.75, 3.05) is 0 Å². The Hall–Kier alpha value is -5.60. The van der Waals surface area contributed by atoms with E-state index in [4.69, 9.17) is 9.97 Å². The van der Waals surface area contributed by atoms with Gasteiger partial charge in [0.25, 0.3) is 0 Å². The van der Waals surface area contributed by atoms with Gasteiger partial charge in [-0.2, -0.15) is 0 Å². The van der Waals surface area contributed by atoms with E-state index in [2.05, 4.69) is 127 Å². The molecule has 0 unspecified atom stereocenters. The lowest BCUT2D eigenvalue weighted by Gasteiger charge is -2.15. The monoisotopic (exact) mass is 532 g/mol. The molecule has 0 bridgehead atoms. The van der Waals surface area contributed by atoms with E-state index in [1.807, 2.05) is 18.2 Å². The van der Waals surface area contributed by atoms with Crippen LogP contribution in [-0.4, -0.2) is 9.97 Å². The Labute approximate surface area is 242 Å². The maximum absolute atomic E-state index is 5.16. The van der Waals surface area contributed by atoms with Crippen molar-refractivity contribution in [3.05, 3.63) is 146 Å². The van der Waals surface area contributed by atoms with Gasteiger partial charge in [-0.25, -0.2) is 9.97 Å². The van der Waals surface area contributed by atoms with Gasteiger partial charge in [-0.3, -0.25) is 0 Å². The molecular weight excluding hydrogens is 508 g/mol. The molecule has 2 aromatic heterocycles. The van der Waals surface area contributed by atoms with E-state index in [-0.39, 0.29) is 0 Å². The van der Waals surface area contributed by atoms with Crippen molar-refractivity contribution in [3.8, 4) is 33.6 Å². The number of nitrogens with zero attached hydrogens (tertiary/aromatic N) is 2. The Bertz CT molecular complexity index is 2440. The van der Waals surface area contributed by atoms with Crippen LogP contribution in [0.15, 0.2) is 146 Å². The summed E-state index contributed by atoms with van der Waals surface area (Å²) >= 11 is 0. The zero-order chi connectivity index (χ0) is 27.6. The summed E-state index contributed by atoms with van der Waals surface area (Å²) in [4.78, 5) is 10.2. The molecule has 0 aliphatic rings. The predicted molar refractivity (Wildman–Crippen MR) is 177 cm³/mol. The first-order valence-electron chi connectivity index (χ1n) is 14.3. The summed E-state index contributed by atoms with van der Waals surface area (Å²) in [5, 5.41) is 10.0. The van der Waals surface area contributed by atoms with Gasteiger partial charge in [-0.05, 0) is 61.6 Å². The number of benzene rings is 7. The summed E-state index contributed by atoms with van der Waals surface area (Å²) in [6.45, 7) is 0. The van der Waals surface area contributed by atoms with E-state index in [9.17, 15) is 0 Å². The van der Waals surface area contributed by atoms with E-state index in [0.717, 1.165) is 44.3 Å². The van der Waals surface area contributed by atoms with Crippen LogP contribution in [0.25, 0.3) is 87.8 Å². The van der Waals surface area contributed by atoms with Crippen LogP contribution < -0.4 is 0 Å². The van der Waals surface area contributed by atoms with Crippen molar-refractivity contribution >= 4 is 54.1 Å². The van der Waals surface area contributed by atoms with Crippen molar-refractivity contribution in [2.24, 2.45) is 0 Å². The average Bonchev–Trinajstić information content (AvgIpc) is 3.07. The van der Waals surface area contributed by atoms with Gasteiger partial charge in [0.2, 0.25) is 0 Å². The number of rotatable bonds is 3. The highest BCUT2D eigenvalue weighted by atomic mass is 14.8. The summed E-state index contributed by atoms with van der Waals surface area (Å²) in [5.74, 6) is 0. The van der Waals surface area contributed by atoms with E-state index in [1.165, 1.54) is 43.4 Å². The molecule has 0 amide bonds. The van der Waals surface area contributed by atoms with Crippen LogP contribution in [0, 0.1) is 0 Å². The summed E-state index contributed by atoms with van der Waals surface area (Å²) < 4.78 is 0. The Morgan fingerprint density at radius 1 is 0.333 bits per heavy atom. The maximum Gasteiger partial charge on any atom is 0.0972 e. The number of pyridine rings is 2. The van der Waals surface area contributed by atoms with Crippen molar-refractivity contribution < 1.29 is 0 Å². The van der Waals surface area contributed by atoms with Gasteiger partial charge in [-0.15, -0.1) is 0 Å². The number of hydrogen-bond acceptors (Lipinski definition) is 2. The number of aromatic nitrogens is 2. The van der Waals surface area contributed by atoms with Crippen LogP contribution in [0.2, 0.25) is 0 Å². The Balaban J connectivity index is 1.17. The highest BCUT2D eigenvalue weighted by Gasteiger charge is 2.14. The summed E-state index contributed by atoms with van der Waals surface area (Å²) in [6.07, 6.45) is 0. The van der Waals surface area contributed by atoms with Crippen LogP contribution in [0.1, 0.15) is 0 Å². The molecule has 0 saturated heterocycles. The average molecular weight is 533 g/mol. The molecular formula is C40H24N2.